The number of halogens is 1. The topological polar surface area (TPSA) is 12.0 Å². The second-order valence-electron chi connectivity index (χ2n) is 4.11. The minimum absolute atomic E-state index is 0.686. The fraction of sp³-hybridized carbons (Fsp3) is 0.500. The molecule has 0 aromatic heterocycles. The van der Waals surface area contributed by atoms with E-state index in [2.05, 4.69) is 26.1 Å². The summed E-state index contributed by atoms with van der Waals surface area (Å²) in [5.41, 5.74) is 1.14. The molecule has 0 aliphatic carbocycles. The van der Waals surface area contributed by atoms with Crippen LogP contribution in [0.5, 0.6) is 0 Å². The Bertz CT molecular complexity index is 266. The molecule has 2 heteroatoms. The highest BCUT2D eigenvalue weighted by Crippen LogP contribution is 2.15. The van der Waals surface area contributed by atoms with Crippen LogP contribution < -0.4 is 5.32 Å². The van der Waals surface area contributed by atoms with E-state index < -0.39 is 0 Å². The summed E-state index contributed by atoms with van der Waals surface area (Å²) in [6, 6.07) is 7.83. The third-order valence-corrected chi connectivity index (χ3v) is 2.86. The van der Waals surface area contributed by atoms with Gasteiger partial charge in [0.15, 0.2) is 0 Å². The first-order valence-electron chi connectivity index (χ1n) is 5.09. The predicted molar refractivity (Wildman–Crippen MR) is 63.9 cm³/mol. The van der Waals surface area contributed by atoms with Crippen LogP contribution in [0.1, 0.15) is 20.8 Å². The molecule has 1 rings (SSSR count). The highest BCUT2D eigenvalue weighted by molar-refractivity contribution is 6.30. The van der Waals surface area contributed by atoms with Crippen LogP contribution >= 0.6 is 11.6 Å². The molecule has 14 heavy (non-hydrogen) atoms. The molecule has 0 aliphatic rings. The van der Waals surface area contributed by atoms with Gasteiger partial charge in [-0.15, -0.1) is 0 Å². The van der Waals surface area contributed by atoms with Gasteiger partial charge in [-0.3, -0.25) is 0 Å². The van der Waals surface area contributed by atoms with Crippen molar-refractivity contribution in [3.63, 3.8) is 0 Å². The Morgan fingerprint density at radius 2 is 1.71 bits per heavy atom. The van der Waals surface area contributed by atoms with E-state index in [-0.39, 0.29) is 0 Å². The van der Waals surface area contributed by atoms with Crippen molar-refractivity contribution in [3.8, 4) is 0 Å². The summed E-state index contributed by atoms with van der Waals surface area (Å²) in [6.07, 6.45) is 0. The Labute approximate surface area is 91.5 Å². The van der Waals surface area contributed by atoms with E-state index in [1.807, 2.05) is 24.3 Å². The van der Waals surface area contributed by atoms with Crippen molar-refractivity contribution in [2.45, 2.75) is 20.8 Å². The zero-order chi connectivity index (χ0) is 10.6. The summed E-state index contributed by atoms with van der Waals surface area (Å²) in [6.45, 7) is 7.76. The Balaban J connectivity index is 2.42. The second-order valence-corrected chi connectivity index (χ2v) is 4.55. The summed E-state index contributed by atoms with van der Waals surface area (Å²) in [5, 5.41) is 4.18. The molecule has 0 bridgehead atoms. The molecule has 0 radical (unpaired) electrons. The van der Waals surface area contributed by atoms with Gasteiger partial charge in [-0.1, -0.05) is 32.4 Å². The third kappa shape index (κ3) is 3.59. The molecule has 0 saturated heterocycles. The summed E-state index contributed by atoms with van der Waals surface area (Å²) >= 11 is 5.80. The van der Waals surface area contributed by atoms with Crippen LogP contribution in [0.2, 0.25) is 5.02 Å². The fourth-order valence-corrected chi connectivity index (χ4v) is 1.21. The number of nitrogens with one attached hydrogen (secondary N) is 1. The quantitative estimate of drug-likeness (QED) is 0.793. The number of hydrogen-bond acceptors (Lipinski definition) is 1. The maximum atomic E-state index is 5.80. The van der Waals surface area contributed by atoms with Gasteiger partial charge in [0, 0.05) is 17.3 Å². The van der Waals surface area contributed by atoms with Crippen molar-refractivity contribution in [3.05, 3.63) is 29.3 Å². The van der Waals surface area contributed by atoms with Crippen LogP contribution in [0.15, 0.2) is 24.3 Å². The van der Waals surface area contributed by atoms with Crippen molar-refractivity contribution >= 4 is 17.3 Å². The van der Waals surface area contributed by atoms with Crippen molar-refractivity contribution in [2.75, 3.05) is 11.9 Å². The van der Waals surface area contributed by atoms with Gasteiger partial charge in [0.2, 0.25) is 0 Å². The second kappa shape index (κ2) is 5.26. The van der Waals surface area contributed by atoms with Gasteiger partial charge in [-0.25, -0.2) is 0 Å². The number of anilines is 1. The molecule has 1 atom stereocenters. The van der Waals surface area contributed by atoms with Gasteiger partial charge in [0.25, 0.3) is 0 Å². The van der Waals surface area contributed by atoms with Crippen LogP contribution in [-0.2, 0) is 0 Å². The lowest BCUT2D eigenvalue weighted by Gasteiger charge is -2.16. The van der Waals surface area contributed by atoms with Crippen molar-refractivity contribution < 1.29 is 0 Å². The van der Waals surface area contributed by atoms with E-state index >= 15 is 0 Å². The molecule has 0 fully saturated rings. The lowest BCUT2D eigenvalue weighted by molar-refractivity contribution is 0.440. The average molecular weight is 212 g/mol. The molecule has 0 heterocycles. The minimum atomic E-state index is 0.686. The molecule has 1 N–H and O–H groups in total. The largest absolute Gasteiger partial charge is 0.385 e. The molecule has 1 nitrogen and oxygen atoms in total. The molecular weight excluding hydrogens is 194 g/mol. The Morgan fingerprint density at radius 1 is 1.14 bits per heavy atom. The van der Waals surface area contributed by atoms with Gasteiger partial charge in [-0.2, -0.15) is 0 Å². The Morgan fingerprint density at radius 3 is 2.21 bits per heavy atom. The molecule has 0 spiro atoms. The van der Waals surface area contributed by atoms with Gasteiger partial charge < -0.3 is 5.32 Å². The van der Waals surface area contributed by atoms with Gasteiger partial charge in [-0.05, 0) is 36.1 Å². The lowest BCUT2D eigenvalue weighted by Crippen LogP contribution is -2.16. The van der Waals surface area contributed by atoms with E-state index in [1.54, 1.807) is 0 Å². The Kier molecular flexibility index (Phi) is 4.27. The van der Waals surface area contributed by atoms with E-state index in [0.717, 1.165) is 23.2 Å². The SMILES string of the molecule is CC(C)C(C)CNc1ccc(Cl)cc1. The lowest BCUT2D eigenvalue weighted by atomic mass is 9.98. The minimum Gasteiger partial charge on any atom is -0.385 e. The van der Waals surface area contributed by atoms with Gasteiger partial charge >= 0.3 is 0 Å². The monoisotopic (exact) mass is 211 g/mol. The first-order valence-corrected chi connectivity index (χ1v) is 5.47. The number of rotatable bonds is 4. The molecular formula is C12H18ClN. The van der Waals surface area contributed by atoms with Crippen molar-refractivity contribution in [2.24, 2.45) is 11.8 Å². The maximum absolute atomic E-state index is 5.80. The van der Waals surface area contributed by atoms with Crippen molar-refractivity contribution in [1.29, 1.82) is 0 Å². The average Bonchev–Trinajstić information content (AvgIpc) is 2.16. The van der Waals surface area contributed by atoms with Crippen LogP contribution in [0, 0.1) is 11.8 Å². The summed E-state index contributed by atoms with van der Waals surface area (Å²) in [7, 11) is 0. The van der Waals surface area contributed by atoms with Gasteiger partial charge in [0.1, 0.15) is 0 Å². The van der Waals surface area contributed by atoms with E-state index in [0.29, 0.717) is 5.92 Å². The zero-order valence-corrected chi connectivity index (χ0v) is 9.81. The highest BCUT2D eigenvalue weighted by atomic mass is 35.5. The molecule has 0 aliphatic heterocycles. The predicted octanol–water partition coefficient (Wildman–Crippen LogP) is 4.04. The fourth-order valence-electron chi connectivity index (χ4n) is 1.08. The molecule has 1 aromatic rings. The van der Waals surface area contributed by atoms with Crippen LogP contribution in [0.25, 0.3) is 0 Å². The van der Waals surface area contributed by atoms with Gasteiger partial charge in [0.05, 0.1) is 0 Å². The summed E-state index contributed by atoms with van der Waals surface area (Å²) in [4.78, 5) is 0. The van der Waals surface area contributed by atoms with E-state index in [1.165, 1.54) is 0 Å². The van der Waals surface area contributed by atoms with Crippen LogP contribution in [-0.4, -0.2) is 6.54 Å². The molecule has 0 saturated carbocycles. The highest BCUT2D eigenvalue weighted by Gasteiger charge is 2.05. The van der Waals surface area contributed by atoms with E-state index in [4.69, 9.17) is 11.6 Å². The first-order chi connectivity index (χ1) is 6.59. The first kappa shape index (κ1) is 11.4. The molecule has 1 aromatic carbocycles. The Hall–Kier alpha value is -0.690. The zero-order valence-electron chi connectivity index (χ0n) is 9.05. The van der Waals surface area contributed by atoms with E-state index in [9.17, 15) is 0 Å². The molecule has 0 amide bonds. The number of benzene rings is 1. The normalized spacial score (nSPS) is 12.9. The van der Waals surface area contributed by atoms with Crippen LogP contribution in [0.4, 0.5) is 5.69 Å². The third-order valence-electron chi connectivity index (χ3n) is 2.61. The molecule has 1 unspecified atom stereocenters. The summed E-state index contributed by atoms with van der Waals surface area (Å²) < 4.78 is 0. The van der Waals surface area contributed by atoms with Crippen LogP contribution in [0.3, 0.4) is 0 Å². The maximum Gasteiger partial charge on any atom is 0.0407 e. The smallest absolute Gasteiger partial charge is 0.0407 e. The standard InChI is InChI=1S/C12H18ClN/c1-9(2)10(3)8-14-12-6-4-11(13)5-7-12/h4-7,9-10,14H,8H2,1-3H3. The van der Waals surface area contributed by atoms with Crippen molar-refractivity contribution in [1.82, 2.24) is 0 Å². The number of hydrogen-bond donors (Lipinski definition) is 1. The summed E-state index contributed by atoms with van der Waals surface area (Å²) in [5.74, 6) is 1.40. The molecule has 78 valence electrons.